The van der Waals surface area contributed by atoms with Gasteiger partial charge < -0.3 is 9.64 Å². The van der Waals surface area contributed by atoms with Crippen LogP contribution in [0.5, 0.6) is 0 Å². The summed E-state index contributed by atoms with van der Waals surface area (Å²) in [5.41, 5.74) is -0.309. The van der Waals surface area contributed by atoms with Crippen LogP contribution in [-0.2, 0) is 14.4 Å². The Morgan fingerprint density at radius 2 is 1.90 bits per heavy atom. The number of Topliss-reactive ketones (excluding diaryl/α,β-unsaturated/α-hetero) is 1. The van der Waals surface area contributed by atoms with Crippen molar-refractivity contribution in [2.24, 2.45) is 0 Å². The van der Waals surface area contributed by atoms with Gasteiger partial charge in [0.25, 0.3) is 6.43 Å². The summed E-state index contributed by atoms with van der Waals surface area (Å²) >= 11 is 5.06. The summed E-state index contributed by atoms with van der Waals surface area (Å²) in [6.45, 7) is 2.60. The number of benzene rings is 1. The van der Waals surface area contributed by atoms with Crippen LogP contribution in [-0.4, -0.2) is 67.2 Å². The third-order valence-electron chi connectivity index (χ3n) is 4.99. The molecule has 2 heterocycles. The van der Waals surface area contributed by atoms with Crippen molar-refractivity contribution in [1.82, 2.24) is 5.06 Å². The number of hydroxylamine groups is 2. The maximum absolute atomic E-state index is 14.8. The van der Waals surface area contributed by atoms with Gasteiger partial charge in [0.2, 0.25) is 0 Å². The molecular formula is C19H21F4N3O4S. The summed E-state index contributed by atoms with van der Waals surface area (Å²) in [7, 11) is 0. The van der Waals surface area contributed by atoms with E-state index in [0.29, 0.717) is 11.5 Å². The molecule has 0 aliphatic carbocycles. The molecule has 0 bridgehead atoms. The zero-order valence-corrected chi connectivity index (χ0v) is 17.5. The first-order valence-corrected chi connectivity index (χ1v) is 10.0. The number of amides is 1. The number of nitrogens with zero attached hydrogens (tertiary/aromatic N) is 3. The summed E-state index contributed by atoms with van der Waals surface area (Å²) in [6.07, 6.45) is -5.34. The SMILES string of the molecule is CC(=S)N1CCN(c2c(F)cc(N3C[C@H](CCC(=O)C(F)F)OC3=O)cc2F)CCO1. The molecule has 170 valence electrons. The number of ether oxygens (including phenoxy) is 1. The molecule has 31 heavy (non-hydrogen) atoms. The van der Waals surface area contributed by atoms with E-state index in [4.69, 9.17) is 21.8 Å². The largest absolute Gasteiger partial charge is 0.444 e. The van der Waals surface area contributed by atoms with Crippen molar-refractivity contribution in [3.8, 4) is 0 Å². The number of thiocarbonyl (C=S) groups is 1. The van der Waals surface area contributed by atoms with E-state index in [9.17, 15) is 27.2 Å². The number of halogens is 4. The molecule has 12 heteroatoms. The van der Waals surface area contributed by atoms with Gasteiger partial charge in [0.1, 0.15) is 16.8 Å². The fourth-order valence-electron chi connectivity index (χ4n) is 3.43. The molecule has 1 aromatic carbocycles. The van der Waals surface area contributed by atoms with E-state index in [-0.39, 0.29) is 44.0 Å². The molecule has 0 aromatic heterocycles. The first kappa shape index (κ1) is 23.2. The highest BCUT2D eigenvalue weighted by atomic mass is 32.1. The number of rotatable bonds is 6. The molecule has 1 aromatic rings. The van der Waals surface area contributed by atoms with Crippen LogP contribution in [0.15, 0.2) is 12.1 Å². The maximum Gasteiger partial charge on any atom is 0.414 e. The standard InChI is InChI=1S/C19H21F4N3O4S/c1-11(31)26-5-4-24(6-7-29-26)17-14(20)8-12(9-15(17)21)25-10-13(30-19(25)28)2-3-16(27)18(22)23/h8-9,13,18H,2-7,10H2,1H3/t13-/m0/s1. The van der Waals surface area contributed by atoms with Crippen LogP contribution in [0, 0.1) is 11.6 Å². The zero-order chi connectivity index (χ0) is 22.7. The first-order valence-electron chi connectivity index (χ1n) is 9.61. The Hall–Kier alpha value is -2.47. The van der Waals surface area contributed by atoms with E-state index in [1.165, 1.54) is 9.96 Å². The summed E-state index contributed by atoms with van der Waals surface area (Å²) in [4.78, 5) is 31.6. The predicted molar refractivity (Wildman–Crippen MR) is 107 cm³/mol. The second-order valence-electron chi connectivity index (χ2n) is 7.12. The second kappa shape index (κ2) is 9.77. The Morgan fingerprint density at radius 3 is 2.52 bits per heavy atom. The molecule has 0 saturated carbocycles. The van der Waals surface area contributed by atoms with Crippen molar-refractivity contribution in [1.29, 1.82) is 0 Å². The number of hydrogen-bond donors (Lipinski definition) is 0. The molecule has 0 unspecified atom stereocenters. The average molecular weight is 463 g/mol. The predicted octanol–water partition coefficient (Wildman–Crippen LogP) is 3.31. The molecule has 2 aliphatic rings. The third-order valence-corrected chi connectivity index (χ3v) is 5.20. The van der Waals surface area contributed by atoms with E-state index < -0.39 is 42.5 Å². The molecular weight excluding hydrogens is 442 g/mol. The number of ketones is 1. The number of anilines is 2. The fourth-order valence-corrected chi connectivity index (χ4v) is 3.57. The minimum atomic E-state index is -3.09. The smallest absolute Gasteiger partial charge is 0.414 e. The molecule has 2 fully saturated rings. The number of hydrogen-bond acceptors (Lipinski definition) is 6. The van der Waals surface area contributed by atoms with E-state index in [1.54, 1.807) is 6.92 Å². The lowest BCUT2D eigenvalue weighted by molar-refractivity contribution is -0.129. The van der Waals surface area contributed by atoms with Crippen molar-refractivity contribution in [3.05, 3.63) is 23.8 Å². The lowest BCUT2D eigenvalue weighted by Gasteiger charge is -2.24. The van der Waals surface area contributed by atoms with Crippen molar-refractivity contribution in [3.63, 3.8) is 0 Å². The number of cyclic esters (lactones) is 1. The number of carbonyl (C=O) groups is 2. The molecule has 0 spiro atoms. The maximum atomic E-state index is 14.8. The Bertz CT molecular complexity index is 850. The minimum Gasteiger partial charge on any atom is -0.444 e. The van der Waals surface area contributed by atoms with Gasteiger partial charge in [-0.1, -0.05) is 12.2 Å². The van der Waals surface area contributed by atoms with Gasteiger partial charge in [-0.3, -0.25) is 14.5 Å². The van der Waals surface area contributed by atoms with E-state index in [1.807, 2.05) is 0 Å². The third kappa shape index (κ3) is 5.42. The average Bonchev–Trinajstić information content (AvgIpc) is 2.90. The van der Waals surface area contributed by atoms with Crippen molar-refractivity contribution in [2.75, 3.05) is 42.6 Å². The summed E-state index contributed by atoms with van der Waals surface area (Å²) in [5, 5.41) is 1.48. The molecule has 3 rings (SSSR count). The Kier molecular flexibility index (Phi) is 7.31. The van der Waals surface area contributed by atoms with Gasteiger partial charge in [-0.05, 0) is 13.3 Å². The zero-order valence-electron chi connectivity index (χ0n) is 16.7. The Morgan fingerprint density at radius 1 is 1.23 bits per heavy atom. The first-order chi connectivity index (χ1) is 14.7. The highest BCUT2D eigenvalue weighted by Crippen LogP contribution is 2.32. The molecule has 2 aliphatic heterocycles. The normalized spacial score (nSPS) is 19.6. The van der Waals surface area contributed by atoms with E-state index >= 15 is 0 Å². The topological polar surface area (TPSA) is 62.3 Å². The van der Waals surface area contributed by atoms with Crippen LogP contribution in [0.1, 0.15) is 19.8 Å². The monoisotopic (exact) mass is 463 g/mol. The Balaban J connectivity index is 1.71. The molecule has 2 saturated heterocycles. The number of alkyl halides is 2. The van der Waals surface area contributed by atoms with Crippen LogP contribution in [0.4, 0.5) is 33.7 Å². The van der Waals surface area contributed by atoms with Crippen LogP contribution < -0.4 is 9.80 Å². The molecule has 1 amide bonds. The van der Waals surface area contributed by atoms with Gasteiger partial charge in [0.05, 0.1) is 25.4 Å². The van der Waals surface area contributed by atoms with Gasteiger partial charge in [-0.25, -0.2) is 27.4 Å². The minimum absolute atomic E-state index is 0.0612. The quantitative estimate of drug-likeness (QED) is 0.474. The van der Waals surface area contributed by atoms with Gasteiger partial charge in [-0.15, -0.1) is 0 Å². The van der Waals surface area contributed by atoms with Crippen LogP contribution in [0.2, 0.25) is 0 Å². The van der Waals surface area contributed by atoms with Crippen molar-refractivity contribution in [2.45, 2.75) is 32.3 Å². The summed E-state index contributed by atoms with van der Waals surface area (Å²) in [5.74, 6) is -2.99. The molecule has 0 N–H and O–H groups in total. The van der Waals surface area contributed by atoms with Gasteiger partial charge >= 0.3 is 6.09 Å². The highest BCUT2D eigenvalue weighted by Gasteiger charge is 2.34. The van der Waals surface area contributed by atoms with Gasteiger partial charge in [-0.2, -0.15) is 0 Å². The van der Waals surface area contributed by atoms with Gasteiger partial charge in [0.15, 0.2) is 17.4 Å². The highest BCUT2D eigenvalue weighted by molar-refractivity contribution is 7.80. The van der Waals surface area contributed by atoms with Crippen molar-refractivity contribution >= 4 is 40.5 Å². The number of carbonyl (C=O) groups excluding carboxylic acids is 2. The summed E-state index contributed by atoms with van der Waals surface area (Å²) in [6, 6.07) is 2.03. The van der Waals surface area contributed by atoms with Crippen LogP contribution >= 0.6 is 12.2 Å². The van der Waals surface area contributed by atoms with E-state index in [0.717, 1.165) is 17.0 Å². The van der Waals surface area contributed by atoms with Crippen molar-refractivity contribution < 1.29 is 36.7 Å². The van der Waals surface area contributed by atoms with Gasteiger partial charge in [0, 0.05) is 31.6 Å². The van der Waals surface area contributed by atoms with E-state index in [2.05, 4.69) is 0 Å². The lowest BCUT2D eigenvalue weighted by atomic mass is 10.1. The lowest BCUT2D eigenvalue weighted by Crippen LogP contribution is -2.33. The second-order valence-corrected chi connectivity index (χ2v) is 7.71. The fraction of sp³-hybridized carbons (Fsp3) is 0.526. The molecule has 1 atom stereocenters. The van der Waals surface area contributed by atoms with Crippen LogP contribution in [0.3, 0.4) is 0 Å². The molecule has 7 nitrogen and oxygen atoms in total. The van der Waals surface area contributed by atoms with Crippen LogP contribution in [0.25, 0.3) is 0 Å². The Labute approximate surface area is 181 Å². The summed E-state index contributed by atoms with van der Waals surface area (Å²) < 4.78 is 59.3. The molecule has 0 radical (unpaired) electrons.